The standard InChI is InChI=1S/C22H28N4O3/c1-25(2)20-11-19(24-18-6-4-3-5-17(18)20)22(29)23-15-9-16(10-15)26(13-21(27)28)12-14-7-8-14/h3-6,11,14-16H,7-10,12-13H2,1-2H3,(H,23,29)(H,27,28). The van der Waals surface area contributed by atoms with Crippen LogP contribution in [0.25, 0.3) is 10.9 Å². The van der Waals surface area contributed by atoms with E-state index in [-0.39, 0.29) is 24.5 Å². The van der Waals surface area contributed by atoms with Crippen LogP contribution in [0.15, 0.2) is 30.3 Å². The van der Waals surface area contributed by atoms with E-state index >= 15 is 0 Å². The average molecular weight is 396 g/mol. The lowest BCUT2D eigenvalue weighted by molar-refractivity contribution is -0.139. The van der Waals surface area contributed by atoms with Crippen LogP contribution < -0.4 is 10.2 Å². The summed E-state index contributed by atoms with van der Waals surface area (Å²) in [4.78, 5) is 32.6. The molecule has 0 spiro atoms. The van der Waals surface area contributed by atoms with Crippen LogP contribution in [0.1, 0.15) is 36.2 Å². The third-order valence-electron chi connectivity index (χ3n) is 5.90. The van der Waals surface area contributed by atoms with E-state index in [0.717, 1.165) is 36.0 Å². The third-order valence-corrected chi connectivity index (χ3v) is 5.90. The van der Waals surface area contributed by atoms with E-state index < -0.39 is 5.97 Å². The minimum Gasteiger partial charge on any atom is -0.480 e. The van der Waals surface area contributed by atoms with Gasteiger partial charge in [0.1, 0.15) is 5.69 Å². The van der Waals surface area contributed by atoms with Gasteiger partial charge in [-0.2, -0.15) is 0 Å². The highest BCUT2D eigenvalue weighted by atomic mass is 16.4. The molecule has 0 saturated heterocycles. The van der Waals surface area contributed by atoms with Crippen molar-refractivity contribution in [1.29, 1.82) is 0 Å². The molecular weight excluding hydrogens is 368 g/mol. The van der Waals surface area contributed by atoms with Crippen molar-refractivity contribution in [1.82, 2.24) is 15.2 Å². The fraction of sp³-hybridized carbons (Fsp3) is 0.500. The summed E-state index contributed by atoms with van der Waals surface area (Å²) in [6, 6.07) is 9.95. The fourth-order valence-corrected chi connectivity index (χ4v) is 4.06. The summed E-state index contributed by atoms with van der Waals surface area (Å²) in [5.74, 6) is -0.307. The van der Waals surface area contributed by atoms with E-state index in [1.807, 2.05) is 49.3 Å². The van der Waals surface area contributed by atoms with E-state index in [2.05, 4.69) is 15.2 Å². The highest BCUT2D eigenvalue weighted by molar-refractivity contribution is 6.00. The minimum atomic E-state index is -0.783. The number of nitrogens with one attached hydrogen (secondary N) is 1. The van der Waals surface area contributed by atoms with Gasteiger partial charge < -0.3 is 15.3 Å². The topological polar surface area (TPSA) is 85.8 Å². The molecule has 7 nitrogen and oxygen atoms in total. The monoisotopic (exact) mass is 396 g/mol. The van der Waals surface area contributed by atoms with E-state index in [1.54, 1.807) is 0 Å². The molecule has 2 saturated carbocycles. The van der Waals surface area contributed by atoms with Gasteiger partial charge in [0.25, 0.3) is 5.91 Å². The zero-order chi connectivity index (χ0) is 20.5. The van der Waals surface area contributed by atoms with Crippen LogP contribution in [-0.4, -0.2) is 66.1 Å². The molecule has 4 rings (SSSR count). The molecule has 0 aliphatic heterocycles. The molecule has 2 aromatic rings. The molecule has 1 amide bonds. The number of nitrogens with zero attached hydrogens (tertiary/aromatic N) is 3. The number of hydrogen-bond donors (Lipinski definition) is 2. The van der Waals surface area contributed by atoms with Crippen LogP contribution >= 0.6 is 0 Å². The number of fused-ring (bicyclic) bond motifs is 1. The number of carboxylic acids is 1. The van der Waals surface area contributed by atoms with Crippen LogP contribution in [-0.2, 0) is 4.79 Å². The highest BCUT2D eigenvalue weighted by Crippen LogP contribution is 2.34. The summed E-state index contributed by atoms with van der Waals surface area (Å²) >= 11 is 0. The summed E-state index contributed by atoms with van der Waals surface area (Å²) < 4.78 is 0. The maximum absolute atomic E-state index is 12.8. The molecule has 154 valence electrons. The number of benzene rings is 1. The zero-order valence-corrected chi connectivity index (χ0v) is 17.0. The summed E-state index contributed by atoms with van der Waals surface area (Å²) in [5.41, 5.74) is 2.17. The van der Waals surface area contributed by atoms with Gasteiger partial charge in [-0.3, -0.25) is 14.5 Å². The molecule has 29 heavy (non-hydrogen) atoms. The molecule has 2 N–H and O–H groups in total. The Balaban J connectivity index is 1.41. The number of carboxylic acid groups (broad SMARTS) is 1. The second kappa shape index (κ2) is 7.99. The number of hydrogen-bond acceptors (Lipinski definition) is 5. The molecule has 1 aromatic carbocycles. The number of anilines is 1. The number of para-hydroxylation sites is 1. The fourth-order valence-electron chi connectivity index (χ4n) is 4.06. The second-order valence-electron chi connectivity index (χ2n) is 8.50. The molecule has 1 aromatic heterocycles. The van der Waals surface area contributed by atoms with Gasteiger partial charge in [0.05, 0.1) is 12.1 Å². The Labute approximate surface area is 170 Å². The molecular formula is C22H28N4O3. The highest BCUT2D eigenvalue weighted by Gasteiger charge is 2.38. The van der Waals surface area contributed by atoms with Gasteiger partial charge in [-0.15, -0.1) is 0 Å². The molecule has 0 atom stereocenters. The summed E-state index contributed by atoms with van der Waals surface area (Å²) in [5, 5.41) is 13.3. The first-order chi connectivity index (χ1) is 13.9. The number of aliphatic carboxylic acids is 1. The average Bonchev–Trinajstić information content (AvgIpc) is 3.46. The van der Waals surface area contributed by atoms with Crippen molar-refractivity contribution < 1.29 is 14.7 Å². The number of aromatic nitrogens is 1. The number of amides is 1. The van der Waals surface area contributed by atoms with E-state index in [1.165, 1.54) is 12.8 Å². The van der Waals surface area contributed by atoms with Crippen molar-refractivity contribution in [3.05, 3.63) is 36.0 Å². The molecule has 1 heterocycles. The van der Waals surface area contributed by atoms with Gasteiger partial charge in [0, 0.05) is 43.8 Å². The minimum absolute atomic E-state index is 0.0686. The van der Waals surface area contributed by atoms with Crippen molar-refractivity contribution in [2.24, 2.45) is 5.92 Å². The van der Waals surface area contributed by atoms with E-state index in [4.69, 9.17) is 0 Å². The molecule has 0 bridgehead atoms. The van der Waals surface area contributed by atoms with Crippen molar-refractivity contribution >= 4 is 28.5 Å². The van der Waals surface area contributed by atoms with Crippen molar-refractivity contribution in [3.63, 3.8) is 0 Å². The van der Waals surface area contributed by atoms with Gasteiger partial charge in [0.2, 0.25) is 0 Å². The van der Waals surface area contributed by atoms with Crippen molar-refractivity contribution in [2.45, 2.75) is 37.8 Å². The first kappa shape index (κ1) is 19.6. The molecule has 2 aliphatic carbocycles. The molecule has 2 fully saturated rings. The van der Waals surface area contributed by atoms with Gasteiger partial charge in [-0.1, -0.05) is 18.2 Å². The Bertz CT molecular complexity index is 919. The third kappa shape index (κ3) is 4.50. The predicted octanol–water partition coefficient (Wildman–Crippen LogP) is 2.36. The predicted molar refractivity (Wildman–Crippen MR) is 112 cm³/mol. The molecule has 0 unspecified atom stereocenters. The van der Waals surface area contributed by atoms with Crippen LogP contribution in [0.2, 0.25) is 0 Å². The van der Waals surface area contributed by atoms with Crippen LogP contribution in [0.5, 0.6) is 0 Å². The summed E-state index contributed by atoms with van der Waals surface area (Å²) in [7, 11) is 3.91. The van der Waals surface area contributed by atoms with E-state index in [0.29, 0.717) is 11.6 Å². The van der Waals surface area contributed by atoms with Crippen LogP contribution in [0, 0.1) is 5.92 Å². The van der Waals surface area contributed by atoms with Crippen LogP contribution in [0.3, 0.4) is 0 Å². The number of pyridine rings is 1. The SMILES string of the molecule is CN(C)c1cc(C(=O)NC2CC(N(CC(=O)O)CC3CC3)C2)nc2ccccc12. The molecule has 7 heteroatoms. The smallest absolute Gasteiger partial charge is 0.317 e. The Morgan fingerprint density at radius 3 is 2.59 bits per heavy atom. The lowest BCUT2D eigenvalue weighted by Gasteiger charge is -2.42. The van der Waals surface area contributed by atoms with Gasteiger partial charge in [-0.25, -0.2) is 4.98 Å². The van der Waals surface area contributed by atoms with Crippen LogP contribution in [0.4, 0.5) is 5.69 Å². The Kier molecular flexibility index (Phi) is 5.41. The number of rotatable bonds is 8. The summed E-state index contributed by atoms with van der Waals surface area (Å²) in [6.07, 6.45) is 3.98. The first-order valence-electron chi connectivity index (χ1n) is 10.2. The molecule has 2 aliphatic rings. The maximum Gasteiger partial charge on any atom is 0.317 e. The largest absolute Gasteiger partial charge is 0.480 e. The maximum atomic E-state index is 12.8. The Morgan fingerprint density at radius 2 is 1.93 bits per heavy atom. The number of carbonyl (C=O) groups is 2. The van der Waals surface area contributed by atoms with Crippen molar-refractivity contribution in [3.8, 4) is 0 Å². The van der Waals surface area contributed by atoms with Gasteiger partial charge >= 0.3 is 5.97 Å². The number of carbonyl (C=O) groups excluding carboxylic acids is 1. The van der Waals surface area contributed by atoms with Crippen molar-refractivity contribution in [2.75, 3.05) is 32.1 Å². The van der Waals surface area contributed by atoms with Gasteiger partial charge in [-0.05, 0) is 43.7 Å². The zero-order valence-electron chi connectivity index (χ0n) is 17.0. The lowest BCUT2D eigenvalue weighted by atomic mass is 9.85. The lowest BCUT2D eigenvalue weighted by Crippen LogP contribution is -2.55. The van der Waals surface area contributed by atoms with Gasteiger partial charge in [0.15, 0.2) is 0 Å². The second-order valence-corrected chi connectivity index (χ2v) is 8.50. The first-order valence-corrected chi connectivity index (χ1v) is 10.2. The molecule has 0 radical (unpaired) electrons. The summed E-state index contributed by atoms with van der Waals surface area (Å²) in [6.45, 7) is 0.941. The van der Waals surface area contributed by atoms with E-state index in [9.17, 15) is 14.7 Å². The normalized spacial score (nSPS) is 21.1. The Hall–Kier alpha value is -2.67. The quantitative estimate of drug-likeness (QED) is 0.713. The Morgan fingerprint density at radius 1 is 1.21 bits per heavy atom.